The number of aryl methyl sites for hydroxylation is 2. The molecule has 98 valence electrons. The number of nitrogens with one attached hydrogen (secondary N) is 1. The summed E-state index contributed by atoms with van der Waals surface area (Å²) in [6.45, 7) is 4.33. The first-order chi connectivity index (χ1) is 9.09. The fraction of sp³-hybridized carbons (Fsp3) is 0.200. The van der Waals surface area contributed by atoms with Crippen molar-refractivity contribution in [2.45, 2.75) is 20.4 Å². The molecule has 1 amide bonds. The van der Waals surface area contributed by atoms with Gasteiger partial charge in [0.2, 0.25) is 0 Å². The third-order valence-electron chi connectivity index (χ3n) is 3.14. The van der Waals surface area contributed by atoms with Crippen LogP contribution in [-0.2, 0) is 6.54 Å². The molecule has 0 spiro atoms. The quantitative estimate of drug-likeness (QED) is 0.826. The van der Waals surface area contributed by atoms with E-state index in [1.807, 2.05) is 32.0 Å². The van der Waals surface area contributed by atoms with Crippen LogP contribution in [-0.4, -0.2) is 10.9 Å². The number of carbonyl (C=O) groups is 1. The van der Waals surface area contributed by atoms with Crippen LogP contribution >= 0.6 is 0 Å². The minimum Gasteiger partial charge on any atom is -0.398 e. The molecule has 0 radical (unpaired) electrons. The zero-order valence-corrected chi connectivity index (χ0v) is 11.1. The molecule has 19 heavy (non-hydrogen) atoms. The van der Waals surface area contributed by atoms with Gasteiger partial charge in [-0.2, -0.15) is 0 Å². The molecule has 0 aliphatic rings. The Morgan fingerprint density at radius 2 is 2.05 bits per heavy atom. The highest BCUT2D eigenvalue weighted by Gasteiger charge is 2.10. The average molecular weight is 255 g/mol. The van der Waals surface area contributed by atoms with E-state index >= 15 is 0 Å². The molecule has 1 aromatic heterocycles. The van der Waals surface area contributed by atoms with Crippen molar-refractivity contribution in [3.63, 3.8) is 0 Å². The SMILES string of the molecule is Cc1cnccc1CNC(=O)c1cccc(C)c1N. The second-order valence-electron chi connectivity index (χ2n) is 4.52. The zero-order chi connectivity index (χ0) is 13.8. The number of aromatic nitrogens is 1. The maximum absolute atomic E-state index is 12.1. The smallest absolute Gasteiger partial charge is 0.253 e. The number of para-hydroxylation sites is 1. The molecule has 0 fully saturated rings. The van der Waals surface area contributed by atoms with Crippen LogP contribution in [0.2, 0.25) is 0 Å². The highest BCUT2D eigenvalue weighted by atomic mass is 16.1. The first-order valence-corrected chi connectivity index (χ1v) is 6.12. The van der Waals surface area contributed by atoms with E-state index in [2.05, 4.69) is 10.3 Å². The molecule has 0 saturated heterocycles. The van der Waals surface area contributed by atoms with E-state index in [0.29, 0.717) is 17.8 Å². The normalized spacial score (nSPS) is 10.2. The molecule has 4 nitrogen and oxygen atoms in total. The molecule has 0 bridgehead atoms. The largest absolute Gasteiger partial charge is 0.398 e. The van der Waals surface area contributed by atoms with E-state index in [1.165, 1.54) is 0 Å². The molecule has 0 aliphatic heterocycles. The van der Waals surface area contributed by atoms with Gasteiger partial charge in [0, 0.05) is 24.6 Å². The van der Waals surface area contributed by atoms with Gasteiger partial charge in [-0.1, -0.05) is 12.1 Å². The van der Waals surface area contributed by atoms with Gasteiger partial charge in [0.1, 0.15) is 0 Å². The molecule has 0 aliphatic carbocycles. The van der Waals surface area contributed by atoms with Crippen molar-refractivity contribution in [1.29, 1.82) is 0 Å². The molecule has 0 unspecified atom stereocenters. The number of anilines is 1. The van der Waals surface area contributed by atoms with Crippen LogP contribution in [0.15, 0.2) is 36.7 Å². The number of nitrogens with two attached hydrogens (primary N) is 1. The monoisotopic (exact) mass is 255 g/mol. The van der Waals surface area contributed by atoms with Crippen LogP contribution in [0.3, 0.4) is 0 Å². The summed E-state index contributed by atoms with van der Waals surface area (Å²) < 4.78 is 0. The Kier molecular flexibility index (Phi) is 3.80. The maximum Gasteiger partial charge on any atom is 0.253 e. The van der Waals surface area contributed by atoms with E-state index < -0.39 is 0 Å². The summed E-state index contributed by atoms with van der Waals surface area (Å²) in [5.74, 6) is -0.155. The van der Waals surface area contributed by atoms with E-state index in [-0.39, 0.29) is 5.91 Å². The van der Waals surface area contributed by atoms with Gasteiger partial charge in [0.15, 0.2) is 0 Å². The number of rotatable bonds is 3. The molecule has 0 saturated carbocycles. The fourth-order valence-electron chi connectivity index (χ4n) is 1.85. The molecule has 2 aromatic rings. The van der Waals surface area contributed by atoms with Crippen molar-refractivity contribution in [2.24, 2.45) is 0 Å². The van der Waals surface area contributed by atoms with E-state index in [4.69, 9.17) is 5.73 Å². The van der Waals surface area contributed by atoms with Gasteiger partial charge in [0.25, 0.3) is 5.91 Å². The van der Waals surface area contributed by atoms with E-state index in [9.17, 15) is 4.79 Å². The number of pyridine rings is 1. The summed E-state index contributed by atoms with van der Waals surface area (Å²) in [6, 6.07) is 7.35. The number of amides is 1. The molecule has 1 heterocycles. The summed E-state index contributed by atoms with van der Waals surface area (Å²) in [4.78, 5) is 16.1. The molecule has 2 rings (SSSR count). The van der Waals surface area contributed by atoms with Crippen molar-refractivity contribution >= 4 is 11.6 Å². The summed E-state index contributed by atoms with van der Waals surface area (Å²) in [6.07, 6.45) is 3.50. The minimum absolute atomic E-state index is 0.155. The third-order valence-corrected chi connectivity index (χ3v) is 3.14. The lowest BCUT2D eigenvalue weighted by atomic mass is 10.1. The fourth-order valence-corrected chi connectivity index (χ4v) is 1.85. The lowest BCUT2D eigenvalue weighted by molar-refractivity contribution is 0.0951. The molecule has 4 heteroatoms. The number of hydrogen-bond donors (Lipinski definition) is 2. The van der Waals surface area contributed by atoms with Gasteiger partial charge in [0.05, 0.1) is 5.56 Å². The van der Waals surface area contributed by atoms with Crippen molar-refractivity contribution in [2.75, 3.05) is 5.73 Å². The van der Waals surface area contributed by atoms with Gasteiger partial charge in [-0.05, 0) is 42.7 Å². The molecule has 1 aromatic carbocycles. The highest BCUT2D eigenvalue weighted by Crippen LogP contribution is 2.16. The summed E-state index contributed by atoms with van der Waals surface area (Å²) in [5, 5.41) is 2.88. The predicted molar refractivity (Wildman–Crippen MR) is 75.7 cm³/mol. The standard InChI is InChI=1S/C15H17N3O/c1-10-4-3-5-13(14(10)16)15(19)18-9-12-6-7-17-8-11(12)2/h3-8H,9,16H2,1-2H3,(H,18,19). The van der Waals surface area contributed by atoms with Gasteiger partial charge in [-0.3, -0.25) is 9.78 Å². The first kappa shape index (κ1) is 13.1. The Morgan fingerprint density at radius 1 is 1.26 bits per heavy atom. The second kappa shape index (κ2) is 5.52. The van der Waals surface area contributed by atoms with Gasteiger partial charge in [-0.15, -0.1) is 0 Å². The van der Waals surface area contributed by atoms with Crippen LogP contribution in [0.25, 0.3) is 0 Å². The maximum atomic E-state index is 12.1. The zero-order valence-electron chi connectivity index (χ0n) is 11.1. The van der Waals surface area contributed by atoms with Gasteiger partial charge >= 0.3 is 0 Å². The second-order valence-corrected chi connectivity index (χ2v) is 4.52. The Hall–Kier alpha value is -2.36. The van der Waals surface area contributed by atoms with E-state index in [0.717, 1.165) is 16.7 Å². The van der Waals surface area contributed by atoms with Crippen LogP contribution in [0.1, 0.15) is 27.0 Å². The van der Waals surface area contributed by atoms with Crippen LogP contribution < -0.4 is 11.1 Å². The molecular formula is C15H17N3O. The average Bonchev–Trinajstić information content (AvgIpc) is 2.40. The van der Waals surface area contributed by atoms with Crippen LogP contribution in [0.4, 0.5) is 5.69 Å². The highest BCUT2D eigenvalue weighted by molar-refractivity contribution is 5.99. The van der Waals surface area contributed by atoms with Crippen LogP contribution in [0, 0.1) is 13.8 Å². The Morgan fingerprint density at radius 3 is 2.79 bits per heavy atom. The Bertz CT molecular complexity index is 608. The van der Waals surface area contributed by atoms with Crippen molar-refractivity contribution in [3.8, 4) is 0 Å². The minimum atomic E-state index is -0.155. The van der Waals surface area contributed by atoms with Crippen LogP contribution in [0.5, 0.6) is 0 Å². The summed E-state index contributed by atoms with van der Waals surface area (Å²) >= 11 is 0. The van der Waals surface area contributed by atoms with Crippen molar-refractivity contribution in [1.82, 2.24) is 10.3 Å². The van der Waals surface area contributed by atoms with Crippen molar-refractivity contribution < 1.29 is 4.79 Å². The van der Waals surface area contributed by atoms with Gasteiger partial charge in [-0.25, -0.2) is 0 Å². The number of nitrogen functional groups attached to an aromatic ring is 1. The number of benzene rings is 1. The lowest BCUT2D eigenvalue weighted by Gasteiger charge is -2.10. The lowest BCUT2D eigenvalue weighted by Crippen LogP contribution is -2.24. The molecule has 0 atom stereocenters. The topological polar surface area (TPSA) is 68.0 Å². The Labute approximate surface area is 112 Å². The summed E-state index contributed by atoms with van der Waals surface area (Å²) in [7, 11) is 0. The van der Waals surface area contributed by atoms with E-state index in [1.54, 1.807) is 18.5 Å². The predicted octanol–water partition coefficient (Wildman–Crippen LogP) is 2.21. The summed E-state index contributed by atoms with van der Waals surface area (Å²) in [5.41, 5.74) is 9.98. The first-order valence-electron chi connectivity index (χ1n) is 6.12. The Balaban J connectivity index is 2.10. The van der Waals surface area contributed by atoms with Gasteiger partial charge < -0.3 is 11.1 Å². The number of carbonyl (C=O) groups excluding carboxylic acids is 1. The number of nitrogens with zero attached hydrogens (tertiary/aromatic N) is 1. The molecule has 3 N–H and O–H groups in total. The van der Waals surface area contributed by atoms with Crippen molar-refractivity contribution in [3.05, 3.63) is 58.9 Å². The molecular weight excluding hydrogens is 238 g/mol. The third kappa shape index (κ3) is 2.91. The number of hydrogen-bond acceptors (Lipinski definition) is 3.